The molecule has 4 nitrogen and oxygen atoms in total. The quantitative estimate of drug-likeness (QED) is 0.506. The summed E-state index contributed by atoms with van der Waals surface area (Å²) in [5, 5.41) is 0. The molecule has 0 unspecified atom stereocenters. The number of hydrogen-bond donors (Lipinski definition) is 2. The Labute approximate surface area is 78.2 Å². The largest absolute Gasteiger partial charge is 0.370 e. The van der Waals surface area contributed by atoms with Crippen LogP contribution in [0.25, 0.3) is 0 Å². The first-order valence-electron chi connectivity index (χ1n) is 3.60. The Morgan fingerprint density at radius 2 is 1.71 bits per heavy atom. The smallest absolute Gasteiger partial charge is 0.286 e. The lowest BCUT2D eigenvalue weighted by Gasteiger charge is -1.99. The predicted octanol–water partition coefficient (Wildman–Crippen LogP) is 0.378. The van der Waals surface area contributed by atoms with Gasteiger partial charge in [0.1, 0.15) is 17.2 Å². The highest BCUT2D eigenvalue weighted by Gasteiger charge is 2.16. The first kappa shape index (κ1) is 10.1. The molecule has 0 heterocycles. The fourth-order valence-electron chi connectivity index (χ4n) is 0.875. The SMILES string of the molecule is NC(N)=NC(=O)c1c(F)cccc1F. The molecule has 0 aliphatic heterocycles. The molecule has 0 aromatic heterocycles. The van der Waals surface area contributed by atoms with Gasteiger partial charge in [-0.05, 0) is 12.1 Å². The van der Waals surface area contributed by atoms with Crippen molar-refractivity contribution in [2.75, 3.05) is 0 Å². The molecule has 0 bridgehead atoms. The zero-order chi connectivity index (χ0) is 10.7. The first-order chi connectivity index (χ1) is 6.52. The van der Waals surface area contributed by atoms with Crippen molar-refractivity contribution in [2.45, 2.75) is 0 Å². The number of hydrogen-bond acceptors (Lipinski definition) is 1. The molecule has 0 saturated carbocycles. The van der Waals surface area contributed by atoms with E-state index in [4.69, 9.17) is 11.5 Å². The summed E-state index contributed by atoms with van der Waals surface area (Å²) >= 11 is 0. The summed E-state index contributed by atoms with van der Waals surface area (Å²) in [6, 6.07) is 3.02. The molecule has 0 saturated heterocycles. The van der Waals surface area contributed by atoms with Crippen LogP contribution in [0.1, 0.15) is 10.4 Å². The maximum absolute atomic E-state index is 12.9. The number of carbonyl (C=O) groups is 1. The fraction of sp³-hybridized carbons (Fsp3) is 0. The number of halogens is 2. The minimum absolute atomic E-state index is 0.544. The van der Waals surface area contributed by atoms with Gasteiger partial charge in [-0.2, -0.15) is 4.99 Å². The molecule has 14 heavy (non-hydrogen) atoms. The average Bonchev–Trinajstić information content (AvgIpc) is 2.01. The number of guanidine groups is 1. The monoisotopic (exact) mass is 199 g/mol. The van der Waals surface area contributed by atoms with E-state index in [2.05, 4.69) is 4.99 Å². The van der Waals surface area contributed by atoms with Crippen LogP contribution in [0.15, 0.2) is 23.2 Å². The predicted molar refractivity (Wildman–Crippen MR) is 46.5 cm³/mol. The summed E-state index contributed by atoms with van der Waals surface area (Å²) < 4.78 is 25.9. The van der Waals surface area contributed by atoms with Gasteiger partial charge in [0.15, 0.2) is 5.96 Å². The van der Waals surface area contributed by atoms with E-state index in [0.717, 1.165) is 18.2 Å². The van der Waals surface area contributed by atoms with Crippen LogP contribution in [0.4, 0.5) is 8.78 Å². The maximum atomic E-state index is 12.9. The summed E-state index contributed by atoms with van der Waals surface area (Å²) in [6.07, 6.45) is 0. The third-order valence-corrected chi connectivity index (χ3v) is 1.41. The highest BCUT2D eigenvalue weighted by atomic mass is 19.1. The van der Waals surface area contributed by atoms with Gasteiger partial charge in [0.25, 0.3) is 5.91 Å². The van der Waals surface area contributed by atoms with E-state index in [0.29, 0.717) is 0 Å². The number of benzene rings is 1. The first-order valence-corrected chi connectivity index (χ1v) is 3.60. The summed E-state index contributed by atoms with van der Waals surface area (Å²) in [5.41, 5.74) is 9.02. The van der Waals surface area contributed by atoms with Gasteiger partial charge in [-0.15, -0.1) is 0 Å². The summed E-state index contributed by atoms with van der Waals surface area (Å²) in [5.74, 6) is -3.68. The second-order valence-corrected chi connectivity index (χ2v) is 2.44. The van der Waals surface area contributed by atoms with Gasteiger partial charge >= 0.3 is 0 Å². The lowest BCUT2D eigenvalue weighted by atomic mass is 10.2. The van der Waals surface area contributed by atoms with Crippen molar-refractivity contribution in [1.29, 1.82) is 0 Å². The lowest BCUT2D eigenvalue weighted by Crippen LogP contribution is -2.24. The molecule has 4 N–H and O–H groups in total. The normalized spacial score (nSPS) is 9.57. The third kappa shape index (κ3) is 2.03. The van der Waals surface area contributed by atoms with E-state index in [1.807, 2.05) is 0 Å². The molecule has 0 fully saturated rings. The Bertz CT molecular complexity index is 379. The van der Waals surface area contributed by atoms with Gasteiger partial charge in [-0.1, -0.05) is 6.07 Å². The number of nitrogens with zero attached hydrogens (tertiary/aromatic N) is 1. The van der Waals surface area contributed by atoms with Gasteiger partial charge in [0, 0.05) is 0 Å². The zero-order valence-corrected chi connectivity index (χ0v) is 7.00. The molecule has 1 rings (SSSR count). The second-order valence-electron chi connectivity index (χ2n) is 2.44. The van der Waals surface area contributed by atoms with Crippen molar-refractivity contribution in [3.63, 3.8) is 0 Å². The van der Waals surface area contributed by atoms with Crippen LogP contribution in [-0.4, -0.2) is 11.9 Å². The van der Waals surface area contributed by atoms with Crippen molar-refractivity contribution >= 4 is 11.9 Å². The highest BCUT2D eigenvalue weighted by Crippen LogP contribution is 2.12. The number of carbonyl (C=O) groups excluding carboxylic acids is 1. The number of rotatable bonds is 1. The summed E-state index contributed by atoms with van der Waals surface area (Å²) in [4.78, 5) is 14.1. The fourth-order valence-corrected chi connectivity index (χ4v) is 0.875. The third-order valence-electron chi connectivity index (χ3n) is 1.41. The van der Waals surface area contributed by atoms with Crippen LogP contribution in [0.3, 0.4) is 0 Å². The van der Waals surface area contributed by atoms with E-state index >= 15 is 0 Å². The molecule has 6 heteroatoms. The summed E-state index contributed by atoms with van der Waals surface area (Å²) in [6.45, 7) is 0. The van der Waals surface area contributed by atoms with Gasteiger partial charge in [-0.25, -0.2) is 8.78 Å². The van der Waals surface area contributed by atoms with Crippen molar-refractivity contribution < 1.29 is 13.6 Å². The molecule has 0 radical (unpaired) electrons. The number of amides is 1. The van der Waals surface area contributed by atoms with Gasteiger partial charge < -0.3 is 11.5 Å². The Morgan fingerprint density at radius 3 is 2.14 bits per heavy atom. The van der Waals surface area contributed by atoms with Crippen LogP contribution < -0.4 is 11.5 Å². The van der Waals surface area contributed by atoms with Gasteiger partial charge in [0.05, 0.1) is 0 Å². The van der Waals surface area contributed by atoms with E-state index < -0.39 is 29.1 Å². The Hall–Kier alpha value is -1.98. The minimum atomic E-state index is -1.14. The Balaban J connectivity index is 3.19. The van der Waals surface area contributed by atoms with Crippen molar-refractivity contribution in [2.24, 2.45) is 16.5 Å². The number of nitrogens with two attached hydrogens (primary N) is 2. The van der Waals surface area contributed by atoms with Crippen molar-refractivity contribution in [3.8, 4) is 0 Å². The van der Waals surface area contributed by atoms with Crippen molar-refractivity contribution in [1.82, 2.24) is 0 Å². The van der Waals surface area contributed by atoms with Gasteiger partial charge in [-0.3, -0.25) is 4.79 Å². The van der Waals surface area contributed by atoms with E-state index in [-0.39, 0.29) is 0 Å². The average molecular weight is 199 g/mol. The van der Waals surface area contributed by atoms with E-state index in [1.165, 1.54) is 0 Å². The molecular formula is C8H7F2N3O. The topological polar surface area (TPSA) is 81.5 Å². The molecule has 1 amide bonds. The van der Waals surface area contributed by atoms with E-state index in [9.17, 15) is 13.6 Å². The maximum Gasteiger partial charge on any atom is 0.286 e. The zero-order valence-electron chi connectivity index (χ0n) is 7.00. The molecule has 0 atom stereocenters. The standard InChI is InChI=1S/C8H7F2N3O/c9-4-2-1-3-5(10)6(4)7(14)13-8(11)12/h1-3H,(H4,11,12,13,14). The highest BCUT2D eigenvalue weighted by molar-refractivity contribution is 6.02. The van der Waals surface area contributed by atoms with Crippen molar-refractivity contribution in [3.05, 3.63) is 35.4 Å². The number of aliphatic imine (C=N–C) groups is 1. The molecule has 0 aliphatic carbocycles. The van der Waals surface area contributed by atoms with Crippen LogP contribution in [0, 0.1) is 11.6 Å². The van der Waals surface area contributed by atoms with Gasteiger partial charge in [0.2, 0.25) is 0 Å². The molecule has 74 valence electrons. The van der Waals surface area contributed by atoms with Crippen LogP contribution >= 0.6 is 0 Å². The molecule has 1 aromatic carbocycles. The molecule has 0 spiro atoms. The van der Waals surface area contributed by atoms with Crippen LogP contribution in [0.2, 0.25) is 0 Å². The minimum Gasteiger partial charge on any atom is -0.370 e. The van der Waals surface area contributed by atoms with Crippen LogP contribution in [-0.2, 0) is 0 Å². The Morgan fingerprint density at radius 1 is 1.21 bits per heavy atom. The summed E-state index contributed by atoms with van der Waals surface area (Å²) in [7, 11) is 0. The molecular weight excluding hydrogens is 192 g/mol. The Kier molecular flexibility index (Phi) is 2.76. The van der Waals surface area contributed by atoms with E-state index in [1.54, 1.807) is 0 Å². The lowest BCUT2D eigenvalue weighted by molar-refractivity contribution is 0.0994. The second kappa shape index (κ2) is 3.82. The van der Waals surface area contributed by atoms with Crippen LogP contribution in [0.5, 0.6) is 0 Å². The molecule has 1 aromatic rings. The molecule has 0 aliphatic rings.